The van der Waals surface area contributed by atoms with Gasteiger partial charge in [0.05, 0.1) is 11.9 Å². The number of carboxylic acids is 1. The van der Waals surface area contributed by atoms with Crippen molar-refractivity contribution >= 4 is 11.7 Å². The van der Waals surface area contributed by atoms with E-state index in [1.165, 1.54) is 18.6 Å². The number of imidazole rings is 1. The molecule has 2 heterocycles. The van der Waals surface area contributed by atoms with Gasteiger partial charge in [0.2, 0.25) is 0 Å². The molecule has 0 saturated heterocycles. The van der Waals surface area contributed by atoms with Gasteiger partial charge in [-0.2, -0.15) is 10.5 Å². The van der Waals surface area contributed by atoms with Crippen LogP contribution in [-0.2, 0) is 0 Å². The predicted octanol–water partition coefficient (Wildman–Crippen LogP) is 0.291. The van der Waals surface area contributed by atoms with E-state index in [9.17, 15) is 4.79 Å². The summed E-state index contributed by atoms with van der Waals surface area (Å²) >= 11 is 0. The number of hydrogen-bond acceptors (Lipinski definition) is 6. The maximum atomic E-state index is 11.1. The fraction of sp³-hybridized carbons (Fsp3) is 0. The van der Waals surface area contributed by atoms with E-state index >= 15 is 0 Å². The van der Waals surface area contributed by atoms with Gasteiger partial charge in [-0.15, -0.1) is 0 Å². The van der Waals surface area contributed by atoms with Crippen molar-refractivity contribution in [2.75, 3.05) is 5.73 Å². The lowest BCUT2D eigenvalue weighted by molar-refractivity contribution is 0.0696. The van der Waals surface area contributed by atoms with Gasteiger partial charge in [0.25, 0.3) is 0 Å². The van der Waals surface area contributed by atoms with E-state index in [0.717, 1.165) is 4.57 Å². The largest absolute Gasteiger partial charge is 0.478 e. The van der Waals surface area contributed by atoms with E-state index in [0.29, 0.717) is 0 Å². The molecule has 0 bridgehead atoms. The van der Waals surface area contributed by atoms with Gasteiger partial charge in [-0.1, -0.05) is 0 Å². The van der Waals surface area contributed by atoms with Crippen LogP contribution in [0.25, 0.3) is 5.82 Å². The van der Waals surface area contributed by atoms with Gasteiger partial charge >= 0.3 is 5.97 Å². The summed E-state index contributed by atoms with van der Waals surface area (Å²) in [7, 11) is 0. The molecule has 0 aliphatic carbocycles. The minimum Gasteiger partial charge on any atom is -0.478 e. The monoisotopic (exact) mass is 254 g/mol. The second-order valence-electron chi connectivity index (χ2n) is 3.48. The number of rotatable bonds is 2. The maximum absolute atomic E-state index is 11.1. The van der Waals surface area contributed by atoms with Crippen LogP contribution in [0.2, 0.25) is 0 Å². The third-order valence-corrected chi connectivity index (χ3v) is 2.33. The fourth-order valence-corrected chi connectivity index (χ4v) is 1.52. The van der Waals surface area contributed by atoms with Crippen LogP contribution < -0.4 is 5.73 Å². The van der Waals surface area contributed by atoms with Gasteiger partial charge in [0, 0.05) is 0 Å². The van der Waals surface area contributed by atoms with Gasteiger partial charge in [-0.25, -0.2) is 14.8 Å². The fourth-order valence-electron chi connectivity index (χ4n) is 1.52. The van der Waals surface area contributed by atoms with Crippen molar-refractivity contribution in [1.82, 2.24) is 14.5 Å². The van der Waals surface area contributed by atoms with Crippen molar-refractivity contribution in [2.24, 2.45) is 0 Å². The van der Waals surface area contributed by atoms with Crippen LogP contribution in [-0.4, -0.2) is 25.6 Å². The molecule has 0 saturated carbocycles. The van der Waals surface area contributed by atoms with Crippen LogP contribution in [0.3, 0.4) is 0 Å². The van der Waals surface area contributed by atoms with E-state index in [4.69, 9.17) is 21.4 Å². The Morgan fingerprint density at radius 3 is 2.68 bits per heavy atom. The summed E-state index contributed by atoms with van der Waals surface area (Å²) in [6.45, 7) is 0. The van der Waals surface area contributed by atoms with Crippen molar-refractivity contribution in [3.8, 4) is 18.0 Å². The van der Waals surface area contributed by atoms with Crippen molar-refractivity contribution in [1.29, 1.82) is 10.5 Å². The Morgan fingerprint density at radius 1 is 1.37 bits per heavy atom. The third-order valence-electron chi connectivity index (χ3n) is 2.33. The quantitative estimate of drug-likeness (QED) is 0.784. The number of carboxylic acid groups (broad SMARTS) is 1. The molecular weight excluding hydrogens is 248 g/mol. The number of nitriles is 2. The van der Waals surface area contributed by atoms with Crippen LogP contribution in [0.1, 0.15) is 21.7 Å². The molecule has 0 spiro atoms. The number of nitrogen functional groups attached to an aromatic ring is 1. The molecule has 0 aliphatic rings. The Bertz CT molecular complexity index is 750. The Morgan fingerprint density at radius 2 is 2.11 bits per heavy atom. The lowest BCUT2D eigenvalue weighted by Gasteiger charge is -2.07. The van der Waals surface area contributed by atoms with Gasteiger partial charge < -0.3 is 10.8 Å². The normalized spacial score (nSPS) is 9.58. The number of anilines is 1. The molecule has 0 radical (unpaired) electrons. The number of hydrogen-bond donors (Lipinski definition) is 2. The molecule has 0 atom stereocenters. The van der Waals surface area contributed by atoms with Crippen LogP contribution in [0, 0.1) is 22.7 Å². The molecule has 2 aromatic rings. The van der Waals surface area contributed by atoms with E-state index in [1.54, 1.807) is 12.1 Å². The highest BCUT2D eigenvalue weighted by Crippen LogP contribution is 2.18. The molecule has 0 fully saturated rings. The number of aromatic carboxylic acids is 1. The Kier molecular flexibility index (Phi) is 2.84. The summed E-state index contributed by atoms with van der Waals surface area (Å²) in [6, 6.07) is 4.75. The zero-order valence-electron chi connectivity index (χ0n) is 9.40. The zero-order valence-corrected chi connectivity index (χ0v) is 9.40. The number of nitrogens with two attached hydrogens (primary N) is 1. The standard InChI is InChI=1S/C11H6N6O2/c12-2-8-9(3-13)17(5-16-8)10-7(11(18)19)1-6(14)4-15-10/h1,4-5H,14H2,(H,18,19). The van der Waals surface area contributed by atoms with Crippen molar-refractivity contribution < 1.29 is 9.90 Å². The molecular formula is C11H6N6O2. The van der Waals surface area contributed by atoms with Crippen LogP contribution in [0.15, 0.2) is 18.6 Å². The Balaban J connectivity index is 2.74. The van der Waals surface area contributed by atoms with Crippen LogP contribution in [0.5, 0.6) is 0 Å². The molecule has 92 valence electrons. The van der Waals surface area contributed by atoms with E-state index in [-0.39, 0.29) is 28.5 Å². The first-order valence-electron chi connectivity index (χ1n) is 4.95. The molecule has 0 amide bonds. The van der Waals surface area contributed by atoms with Crippen molar-refractivity contribution in [3.05, 3.63) is 35.5 Å². The third kappa shape index (κ3) is 1.94. The molecule has 8 heteroatoms. The first-order valence-corrected chi connectivity index (χ1v) is 4.95. The van der Waals surface area contributed by atoms with E-state index in [1.807, 2.05) is 0 Å². The first-order chi connectivity index (χ1) is 9.08. The molecule has 0 aliphatic heterocycles. The average molecular weight is 254 g/mol. The van der Waals surface area contributed by atoms with Gasteiger partial charge in [0.1, 0.15) is 24.0 Å². The highest BCUT2D eigenvalue weighted by atomic mass is 16.4. The smallest absolute Gasteiger partial charge is 0.339 e. The second kappa shape index (κ2) is 4.47. The van der Waals surface area contributed by atoms with E-state index in [2.05, 4.69) is 9.97 Å². The summed E-state index contributed by atoms with van der Waals surface area (Å²) in [5.74, 6) is -1.27. The number of aromatic nitrogens is 3. The minimum absolute atomic E-state index is 0.0211. The number of pyridine rings is 1. The van der Waals surface area contributed by atoms with E-state index < -0.39 is 5.97 Å². The maximum Gasteiger partial charge on any atom is 0.339 e. The highest BCUT2D eigenvalue weighted by Gasteiger charge is 2.19. The SMILES string of the molecule is N#Cc1ncn(-c2ncc(N)cc2C(=O)O)c1C#N. The molecule has 2 aromatic heterocycles. The van der Waals surface area contributed by atoms with Crippen LogP contribution in [0.4, 0.5) is 5.69 Å². The van der Waals surface area contributed by atoms with Gasteiger partial charge in [0.15, 0.2) is 17.2 Å². The second-order valence-corrected chi connectivity index (χ2v) is 3.48. The predicted molar refractivity (Wildman–Crippen MR) is 62.2 cm³/mol. The summed E-state index contributed by atoms with van der Waals surface area (Å²) in [6.07, 6.45) is 2.43. The Hall–Kier alpha value is -3.39. The summed E-state index contributed by atoms with van der Waals surface area (Å²) in [5, 5.41) is 26.9. The molecule has 3 N–H and O–H groups in total. The number of nitrogens with zero attached hydrogens (tertiary/aromatic N) is 5. The lowest BCUT2D eigenvalue weighted by Crippen LogP contribution is -2.09. The minimum atomic E-state index is -1.24. The molecule has 8 nitrogen and oxygen atoms in total. The Labute approximate surface area is 107 Å². The van der Waals surface area contributed by atoms with Crippen molar-refractivity contribution in [3.63, 3.8) is 0 Å². The molecule has 19 heavy (non-hydrogen) atoms. The first kappa shape index (κ1) is 12.1. The topological polar surface area (TPSA) is 142 Å². The molecule has 0 aromatic carbocycles. The molecule has 0 unspecified atom stereocenters. The van der Waals surface area contributed by atoms with Crippen LogP contribution >= 0.6 is 0 Å². The molecule has 2 rings (SSSR count). The summed E-state index contributed by atoms with van der Waals surface area (Å²) in [4.78, 5) is 18.7. The summed E-state index contributed by atoms with van der Waals surface area (Å²) in [5.41, 5.74) is 5.30. The zero-order chi connectivity index (χ0) is 14.0. The van der Waals surface area contributed by atoms with Gasteiger partial charge in [-0.3, -0.25) is 4.57 Å². The lowest BCUT2D eigenvalue weighted by atomic mass is 10.2. The highest BCUT2D eigenvalue weighted by molar-refractivity contribution is 5.92. The summed E-state index contributed by atoms with van der Waals surface area (Å²) < 4.78 is 1.14. The number of carbonyl (C=O) groups is 1. The average Bonchev–Trinajstić information content (AvgIpc) is 2.81. The van der Waals surface area contributed by atoms with Gasteiger partial charge in [-0.05, 0) is 6.07 Å². The van der Waals surface area contributed by atoms with Crippen molar-refractivity contribution in [2.45, 2.75) is 0 Å².